The number of allylic oxidation sites excluding steroid dienone is 3. The van der Waals surface area contributed by atoms with Gasteiger partial charge in [0, 0.05) is 39.3 Å². The van der Waals surface area contributed by atoms with Crippen LogP contribution in [-0.4, -0.2) is 26.3 Å². The molecule has 44 heavy (non-hydrogen) atoms. The second kappa shape index (κ2) is 9.68. The lowest BCUT2D eigenvalue weighted by atomic mass is 9.78. The molecule has 1 unspecified atom stereocenters. The molecule has 1 saturated carbocycles. The van der Waals surface area contributed by atoms with Gasteiger partial charge in [0.25, 0.3) is 5.56 Å². The molecule has 0 bridgehead atoms. The fourth-order valence-corrected chi connectivity index (χ4v) is 7.94. The van der Waals surface area contributed by atoms with E-state index in [-0.39, 0.29) is 27.9 Å². The number of hydrogen-bond donors (Lipinski definition) is 5. The van der Waals surface area contributed by atoms with Gasteiger partial charge in [0.2, 0.25) is 16.3 Å². The highest BCUT2D eigenvalue weighted by Gasteiger charge is 2.57. The second-order valence-electron chi connectivity index (χ2n) is 11.3. The van der Waals surface area contributed by atoms with Crippen LogP contribution in [-0.2, 0) is 5.41 Å². The predicted octanol–water partition coefficient (Wildman–Crippen LogP) is 1.87. The Kier molecular flexibility index (Phi) is 6.30. The summed E-state index contributed by atoms with van der Waals surface area (Å²) >= 11 is 6.59. The van der Waals surface area contributed by atoms with Gasteiger partial charge in [-0.05, 0) is 75.8 Å². The Morgan fingerprint density at radius 1 is 0.909 bits per heavy atom. The van der Waals surface area contributed by atoms with Crippen LogP contribution in [0.3, 0.4) is 0 Å². The summed E-state index contributed by atoms with van der Waals surface area (Å²) in [6, 6.07) is 2.06. The summed E-state index contributed by atoms with van der Waals surface area (Å²) in [6.45, 7) is 1.85. The van der Waals surface area contributed by atoms with E-state index in [1.165, 1.54) is 0 Å². The van der Waals surface area contributed by atoms with E-state index in [0.717, 1.165) is 18.9 Å². The molecule has 1 aromatic heterocycles. The smallest absolute Gasteiger partial charge is 0.260 e. The van der Waals surface area contributed by atoms with E-state index < -0.39 is 76.9 Å². The monoisotopic (exact) mass is 720 g/mol. The predicted molar refractivity (Wildman–Crippen MR) is 171 cm³/mol. The van der Waals surface area contributed by atoms with E-state index in [2.05, 4.69) is 42.2 Å². The van der Waals surface area contributed by atoms with Crippen molar-refractivity contribution < 1.29 is 15.3 Å². The summed E-state index contributed by atoms with van der Waals surface area (Å²) in [7, 11) is 0. The third kappa shape index (κ3) is 3.64. The minimum absolute atomic E-state index is 0.0577. The molecular weight excluding hydrogens is 700 g/mol. The average molecular weight is 722 g/mol. The molecule has 7 rings (SSSR count). The molecule has 5 aliphatic carbocycles. The highest BCUT2D eigenvalue weighted by atomic mass is 79.9. The van der Waals surface area contributed by atoms with Crippen molar-refractivity contribution in [2.24, 2.45) is 0 Å². The number of phenols is 1. The lowest BCUT2D eigenvalue weighted by Gasteiger charge is -2.27. The van der Waals surface area contributed by atoms with E-state index in [1.807, 2.05) is 13.0 Å². The van der Waals surface area contributed by atoms with Crippen molar-refractivity contribution in [1.29, 1.82) is 0 Å². The molecule has 5 N–H and O–H groups in total. The number of hydrogen-bond acceptors (Lipinski definition) is 9. The van der Waals surface area contributed by atoms with Gasteiger partial charge in [0.1, 0.15) is 22.7 Å². The highest BCUT2D eigenvalue weighted by molar-refractivity contribution is 9.11. The zero-order chi connectivity index (χ0) is 31.4. The molecule has 10 nitrogen and oxygen atoms in total. The fraction of sp³-hybridized carbons (Fsp3) is 0.219. The molecule has 1 heterocycles. The normalized spacial score (nSPS) is 21.1. The molecule has 0 amide bonds. The first-order valence-electron chi connectivity index (χ1n) is 13.8. The minimum Gasteiger partial charge on any atom is -0.510 e. The van der Waals surface area contributed by atoms with Crippen LogP contribution in [0.5, 0.6) is 5.75 Å². The maximum atomic E-state index is 13.8. The lowest BCUT2D eigenvalue weighted by molar-refractivity contribution is 0.344. The molecular formula is C32H22Br2N2O8. The van der Waals surface area contributed by atoms with E-state index in [9.17, 15) is 39.3 Å². The maximum absolute atomic E-state index is 13.8. The maximum Gasteiger partial charge on any atom is 0.260 e. The number of aliphatic hydroxyl groups is 2. The van der Waals surface area contributed by atoms with Gasteiger partial charge in [0.05, 0.1) is 30.7 Å². The lowest BCUT2D eigenvalue weighted by Crippen LogP contribution is -2.52. The molecule has 12 heteroatoms. The standard InChI is InChI=1S/C32H22Br2N2O8/c1-2-3-4-5-12-8-13-17(31(44)36-12)28(41)23-18(24(13)34)15(35-11-6-7-11)10-32(23)29(42)21-22(30(32)43)27(40)20-19(26(21)39)16(37)9-14(33)25(20)38/h2-5,8-9,11,15,35,41-43H,6-7,10H2,1H3,(H,36,44)/b3-2+,5-4+/t15?,32-/m0/s1. The van der Waals surface area contributed by atoms with E-state index in [1.54, 1.807) is 24.3 Å². The number of phenolic OH excluding ortho intramolecular Hbond substituents is 1. The molecule has 1 fully saturated rings. The number of aromatic amines is 1. The Morgan fingerprint density at radius 2 is 1.57 bits per heavy atom. The molecule has 2 atom stereocenters. The fourth-order valence-electron chi connectivity index (χ4n) is 6.75. The van der Waals surface area contributed by atoms with Crippen molar-refractivity contribution in [2.45, 2.75) is 43.7 Å². The number of pyridine rings is 1. The van der Waals surface area contributed by atoms with Gasteiger partial charge >= 0.3 is 0 Å². The topological polar surface area (TPSA) is 174 Å². The number of nitrogens with one attached hydrogen (secondary N) is 2. The van der Waals surface area contributed by atoms with Crippen LogP contribution < -0.4 is 43.0 Å². The van der Waals surface area contributed by atoms with Crippen LogP contribution in [0.2, 0.25) is 0 Å². The van der Waals surface area contributed by atoms with Crippen molar-refractivity contribution >= 4 is 60.2 Å². The van der Waals surface area contributed by atoms with Crippen molar-refractivity contribution in [2.75, 3.05) is 0 Å². The Labute approximate surface area is 262 Å². The number of fused-ring (bicyclic) bond motifs is 4. The van der Waals surface area contributed by atoms with Crippen LogP contribution in [0.1, 0.15) is 49.0 Å². The molecule has 0 radical (unpaired) electrons. The zero-order valence-corrected chi connectivity index (χ0v) is 26.1. The zero-order valence-electron chi connectivity index (χ0n) is 22.9. The van der Waals surface area contributed by atoms with Gasteiger partial charge in [-0.1, -0.05) is 18.2 Å². The quantitative estimate of drug-likeness (QED) is 0.197. The van der Waals surface area contributed by atoms with E-state index in [4.69, 9.17) is 0 Å². The molecule has 2 aromatic rings. The SMILES string of the molecule is C/C=C/C=C/c1cc2c(Br)c3c(c(O)c2c(=O)[nH]1)[C@@]1(CC3NC2CC2)C(O)=c2c(=O)c3c(=O)cc(Br)c(=O)c=3c(=O)c2=C1O. The van der Waals surface area contributed by atoms with Gasteiger partial charge in [-0.2, -0.15) is 0 Å². The van der Waals surface area contributed by atoms with E-state index >= 15 is 0 Å². The largest absolute Gasteiger partial charge is 0.510 e. The van der Waals surface area contributed by atoms with E-state index in [0.29, 0.717) is 21.1 Å². The molecule has 0 aliphatic heterocycles. The van der Waals surface area contributed by atoms with Crippen molar-refractivity contribution in [1.82, 2.24) is 10.3 Å². The molecule has 222 valence electrons. The van der Waals surface area contributed by atoms with Crippen molar-refractivity contribution in [3.8, 4) is 5.75 Å². The Bertz CT molecular complexity index is 2540. The number of aromatic nitrogens is 1. The van der Waals surface area contributed by atoms with Crippen molar-refractivity contribution in [3.63, 3.8) is 0 Å². The summed E-state index contributed by atoms with van der Waals surface area (Å²) in [4.78, 5) is 69.4. The minimum atomic E-state index is -2.03. The summed E-state index contributed by atoms with van der Waals surface area (Å²) < 4.78 is 0.195. The molecule has 0 saturated heterocycles. The molecule has 5 aliphatic rings. The van der Waals surface area contributed by atoms with Crippen LogP contribution >= 0.6 is 31.9 Å². The number of aromatic hydroxyl groups is 1. The van der Waals surface area contributed by atoms with Gasteiger partial charge in [-0.3, -0.25) is 24.0 Å². The number of halogens is 2. The number of benzene rings is 1. The van der Waals surface area contributed by atoms with Crippen LogP contribution in [0.15, 0.2) is 63.3 Å². The van der Waals surface area contributed by atoms with Gasteiger partial charge in [-0.15, -0.1) is 0 Å². The van der Waals surface area contributed by atoms with Crippen molar-refractivity contribution in [3.05, 3.63) is 128 Å². The Hall–Kier alpha value is -4.13. The number of aliphatic hydroxyl groups excluding tert-OH is 2. The average Bonchev–Trinajstić information content (AvgIpc) is 3.68. The molecule has 1 spiro atoms. The first-order chi connectivity index (χ1) is 20.9. The highest BCUT2D eigenvalue weighted by Crippen LogP contribution is 2.60. The van der Waals surface area contributed by atoms with Gasteiger partial charge < -0.3 is 25.6 Å². The summed E-state index contributed by atoms with van der Waals surface area (Å²) in [5, 5.41) is 36.7. The summed E-state index contributed by atoms with van der Waals surface area (Å²) in [6.07, 6.45) is 8.65. The van der Waals surface area contributed by atoms with Gasteiger partial charge in [-0.25, -0.2) is 0 Å². The summed E-state index contributed by atoms with van der Waals surface area (Å²) in [5.41, 5.74) is -5.81. The second-order valence-corrected chi connectivity index (χ2v) is 13.0. The third-order valence-electron chi connectivity index (χ3n) is 8.79. The first-order valence-corrected chi connectivity index (χ1v) is 15.4. The Balaban J connectivity index is 1.65. The van der Waals surface area contributed by atoms with Crippen LogP contribution in [0.4, 0.5) is 0 Å². The first kappa shape index (κ1) is 28.6. The third-order valence-corrected chi connectivity index (χ3v) is 10.2. The number of H-pyrrole nitrogens is 1. The Morgan fingerprint density at radius 3 is 2.20 bits per heavy atom. The van der Waals surface area contributed by atoms with Crippen LogP contribution in [0.25, 0.3) is 28.4 Å². The molecule has 1 aromatic carbocycles. The van der Waals surface area contributed by atoms with Crippen LogP contribution in [0, 0.1) is 10.4 Å². The number of rotatable bonds is 4. The summed E-state index contributed by atoms with van der Waals surface area (Å²) in [5.74, 6) is -2.03. The van der Waals surface area contributed by atoms with Gasteiger partial charge in [0.15, 0.2) is 5.43 Å².